The monoisotopic (exact) mass is 157 g/mol. The molecule has 0 bridgehead atoms. The molecule has 1 atom stereocenters. The lowest BCUT2D eigenvalue weighted by Gasteiger charge is -2.18. The molecule has 0 aromatic heterocycles. The number of amides is 2. The molecule has 1 heterocycles. The van der Waals surface area contributed by atoms with E-state index in [1.165, 1.54) is 0 Å². The molecule has 0 saturated heterocycles. The van der Waals surface area contributed by atoms with Crippen molar-refractivity contribution in [2.75, 3.05) is 6.61 Å². The van der Waals surface area contributed by atoms with Crippen LogP contribution in [0.2, 0.25) is 0 Å². The Kier molecular flexibility index (Phi) is 2.02. The maximum atomic E-state index is 10.7. The number of imide groups is 1. The van der Waals surface area contributed by atoms with Crippen LogP contribution in [0, 0.1) is 0 Å². The van der Waals surface area contributed by atoms with Crippen molar-refractivity contribution < 1.29 is 19.8 Å². The fourth-order valence-electron chi connectivity index (χ4n) is 0.787. The Morgan fingerprint density at radius 1 is 1.36 bits per heavy atom. The van der Waals surface area contributed by atoms with Gasteiger partial charge in [-0.2, -0.15) is 0 Å². The highest BCUT2D eigenvalue weighted by Crippen LogP contribution is 2.06. The molecule has 1 rings (SSSR count). The van der Waals surface area contributed by atoms with E-state index in [0.717, 1.165) is 12.2 Å². The molecule has 2 amide bonds. The smallest absolute Gasteiger partial charge is 0.255 e. The maximum Gasteiger partial charge on any atom is 0.255 e. The van der Waals surface area contributed by atoms with Crippen LogP contribution in [-0.2, 0) is 9.59 Å². The first kappa shape index (κ1) is 7.90. The van der Waals surface area contributed by atoms with Crippen molar-refractivity contribution in [3.8, 4) is 0 Å². The lowest BCUT2D eigenvalue weighted by Crippen LogP contribution is -2.41. The van der Waals surface area contributed by atoms with Crippen LogP contribution in [0.3, 0.4) is 0 Å². The Bertz CT molecular complexity index is 205. The molecule has 11 heavy (non-hydrogen) atoms. The van der Waals surface area contributed by atoms with Crippen molar-refractivity contribution in [2.24, 2.45) is 0 Å². The van der Waals surface area contributed by atoms with Crippen LogP contribution in [-0.4, -0.2) is 39.8 Å². The zero-order valence-corrected chi connectivity index (χ0v) is 5.60. The largest absolute Gasteiger partial charge is 0.392 e. The fraction of sp³-hybridized carbons (Fsp3) is 0.333. The summed E-state index contributed by atoms with van der Waals surface area (Å²) >= 11 is 0. The zero-order chi connectivity index (χ0) is 8.43. The normalized spacial score (nSPS) is 19.6. The molecular weight excluding hydrogens is 150 g/mol. The maximum absolute atomic E-state index is 10.7. The first-order valence-corrected chi connectivity index (χ1v) is 3.01. The predicted octanol–water partition coefficient (Wildman–Crippen LogP) is -1.78. The average Bonchev–Trinajstić information content (AvgIpc) is 2.30. The number of rotatable bonds is 2. The number of aliphatic hydroxyl groups is 2. The lowest BCUT2D eigenvalue weighted by molar-refractivity contribution is -0.150. The fourth-order valence-corrected chi connectivity index (χ4v) is 0.787. The van der Waals surface area contributed by atoms with Crippen LogP contribution in [0.5, 0.6) is 0 Å². The van der Waals surface area contributed by atoms with Crippen molar-refractivity contribution in [3.63, 3.8) is 0 Å². The van der Waals surface area contributed by atoms with E-state index in [1.807, 2.05) is 0 Å². The number of hydrogen-bond acceptors (Lipinski definition) is 4. The first-order chi connectivity index (χ1) is 5.16. The SMILES string of the molecule is O=C1C=CC(=O)N1C(O)CO. The van der Waals surface area contributed by atoms with Gasteiger partial charge in [-0.25, -0.2) is 4.90 Å². The molecular formula is C6H7NO4. The van der Waals surface area contributed by atoms with Gasteiger partial charge in [-0.15, -0.1) is 0 Å². The van der Waals surface area contributed by atoms with Crippen molar-refractivity contribution in [2.45, 2.75) is 6.23 Å². The zero-order valence-electron chi connectivity index (χ0n) is 5.60. The van der Waals surface area contributed by atoms with Gasteiger partial charge in [-0.3, -0.25) is 9.59 Å². The van der Waals surface area contributed by atoms with Gasteiger partial charge in [0.1, 0.15) is 0 Å². The number of nitrogens with zero attached hydrogens (tertiary/aromatic N) is 1. The van der Waals surface area contributed by atoms with Crippen LogP contribution in [0.15, 0.2) is 12.2 Å². The van der Waals surface area contributed by atoms with Gasteiger partial charge in [-0.1, -0.05) is 0 Å². The summed E-state index contributed by atoms with van der Waals surface area (Å²) in [5, 5.41) is 17.3. The van der Waals surface area contributed by atoms with Crippen LogP contribution < -0.4 is 0 Å². The van der Waals surface area contributed by atoms with Gasteiger partial charge in [0, 0.05) is 12.2 Å². The van der Waals surface area contributed by atoms with Gasteiger partial charge in [0.2, 0.25) is 0 Å². The van der Waals surface area contributed by atoms with Gasteiger partial charge in [0.15, 0.2) is 6.23 Å². The minimum absolute atomic E-state index is 0.583. The van der Waals surface area contributed by atoms with Crippen LogP contribution in [0.1, 0.15) is 0 Å². The minimum atomic E-state index is -1.43. The topological polar surface area (TPSA) is 77.8 Å². The summed E-state index contributed by atoms with van der Waals surface area (Å²) in [6.45, 7) is -0.640. The van der Waals surface area contributed by atoms with Gasteiger partial charge < -0.3 is 10.2 Å². The molecule has 2 N–H and O–H groups in total. The third kappa shape index (κ3) is 1.28. The first-order valence-electron chi connectivity index (χ1n) is 3.01. The standard InChI is InChI=1S/C6H7NO4/c8-3-6(11)7-4(9)1-2-5(7)10/h1-2,6,8,11H,3H2. The molecule has 5 nitrogen and oxygen atoms in total. The summed E-state index contributed by atoms with van der Waals surface area (Å²) in [6.07, 6.45) is 0.660. The highest BCUT2D eigenvalue weighted by atomic mass is 16.3. The summed E-state index contributed by atoms with van der Waals surface area (Å²) in [5.41, 5.74) is 0. The van der Waals surface area contributed by atoms with Gasteiger partial charge >= 0.3 is 0 Å². The molecule has 0 aliphatic carbocycles. The molecule has 1 aliphatic heterocycles. The van der Waals surface area contributed by atoms with E-state index in [0.29, 0.717) is 4.90 Å². The third-order valence-electron chi connectivity index (χ3n) is 1.30. The van der Waals surface area contributed by atoms with Crippen LogP contribution in [0.4, 0.5) is 0 Å². The van der Waals surface area contributed by atoms with Crippen molar-refractivity contribution >= 4 is 11.8 Å². The van der Waals surface area contributed by atoms with E-state index >= 15 is 0 Å². The molecule has 1 unspecified atom stereocenters. The van der Waals surface area contributed by atoms with Gasteiger partial charge in [0.25, 0.3) is 11.8 Å². The Morgan fingerprint density at radius 3 is 2.18 bits per heavy atom. The summed E-state index contributed by atoms with van der Waals surface area (Å²) < 4.78 is 0. The number of hydrogen-bond donors (Lipinski definition) is 2. The molecule has 1 aliphatic rings. The second kappa shape index (κ2) is 2.81. The molecule has 0 aromatic carbocycles. The number of carbonyl (C=O) groups is 2. The van der Waals surface area contributed by atoms with E-state index in [-0.39, 0.29) is 0 Å². The van der Waals surface area contributed by atoms with Crippen molar-refractivity contribution in [1.29, 1.82) is 0 Å². The molecule has 0 fully saturated rings. The predicted molar refractivity (Wildman–Crippen MR) is 34.1 cm³/mol. The Labute approximate surface area is 62.5 Å². The van der Waals surface area contributed by atoms with E-state index in [4.69, 9.17) is 10.2 Å². The molecule has 0 aromatic rings. The van der Waals surface area contributed by atoms with E-state index < -0.39 is 24.6 Å². The van der Waals surface area contributed by atoms with Gasteiger partial charge in [0.05, 0.1) is 6.61 Å². The average molecular weight is 157 g/mol. The summed E-state index contributed by atoms with van der Waals surface area (Å²) in [5.74, 6) is -1.20. The second-order valence-electron chi connectivity index (χ2n) is 2.04. The minimum Gasteiger partial charge on any atom is -0.392 e. The quantitative estimate of drug-likeness (QED) is 0.464. The van der Waals surface area contributed by atoms with E-state index in [2.05, 4.69) is 0 Å². The lowest BCUT2D eigenvalue weighted by atomic mass is 10.5. The highest BCUT2D eigenvalue weighted by molar-refractivity contribution is 6.13. The Hall–Kier alpha value is -1.20. The van der Waals surface area contributed by atoms with Crippen LogP contribution >= 0.6 is 0 Å². The second-order valence-corrected chi connectivity index (χ2v) is 2.04. The summed E-state index contributed by atoms with van der Waals surface area (Å²) in [4.78, 5) is 22.0. The van der Waals surface area contributed by atoms with Crippen molar-refractivity contribution in [1.82, 2.24) is 4.90 Å². The van der Waals surface area contributed by atoms with Crippen LogP contribution in [0.25, 0.3) is 0 Å². The van der Waals surface area contributed by atoms with E-state index in [9.17, 15) is 9.59 Å². The van der Waals surface area contributed by atoms with Crippen molar-refractivity contribution in [3.05, 3.63) is 12.2 Å². The molecule has 0 radical (unpaired) electrons. The molecule has 0 saturated carbocycles. The number of aliphatic hydroxyl groups excluding tert-OH is 2. The van der Waals surface area contributed by atoms with E-state index in [1.54, 1.807) is 0 Å². The molecule has 5 heteroatoms. The third-order valence-corrected chi connectivity index (χ3v) is 1.30. The Morgan fingerprint density at radius 2 is 1.82 bits per heavy atom. The highest BCUT2D eigenvalue weighted by Gasteiger charge is 2.28. The molecule has 60 valence electrons. The van der Waals surface area contributed by atoms with Gasteiger partial charge in [-0.05, 0) is 0 Å². The number of carbonyl (C=O) groups excluding carboxylic acids is 2. The summed E-state index contributed by atoms with van der Waals surface area (Å²) in [6, 6.07) is 0. The Balaban J connectivity index is 2.73. The molecule has 0 spiro atoms. The summed E-state index contributed by atoms with van der Waals surface area (Å²) in [7, 11) is 0.